The molecule has 0 saturated carbocycles. The highest BCUT2D eigenvalue weighted by molar-refractivity contribution is 5.88. The van der Waals surface area contributed by atoms with Gasteiger partial charge in [0.05, 0.1) is 17.4 Å². The van der Waals surface area contributed by atoms with Gasteiger partial charge < -0.3 is 15.2 Å². The van der Waals surface area contributed by atoms with Crippen molar-refractivity contribution in [1.29, 1.82) is 0 Å². The molecule has 1 aromatic carbocycles. The van der Waals surface area contributed by atoms with Gasteiger partial charge in [0, 0.05) is 13.2 Å². The second-order valence-corrected chi connectivity index (χ2v) is 4.55. The lowest BCUT2D eigenvalue weighted by Gasteiger charge is -2.09. The normalized spacial score (nSPS) is 10.7. The fourth-order valence-electron chi connectivity index (χ4n) is 1.56. The van der Waals surface area contributed by atoms with E-state index in [9.17, 15) is 9.18 Å². The van der Waals surface area contributed by atoms with Gasteiger partial charge in [-0.2, -0.15) is 0 Å². The smallest absolute Gasteiger partial charge is 0.335 e. The monoisotopic (exact) mass is 269 g/mol. The van der Waals surface area contributed by atoms with E-state index in [2.05, 4.69) is 5.32 Å². The highest BCUT2D eigenvalue weighted by atomic mass is 19.1. The first kappa shape index (κ1) is 15.4. The Morgan fingerprint density at radius 2 is 2.16 bits per heavy atom. The molecule has 1 aromatic rings. The molecule has 4 nitrogen and oxygen atoms in total. The van der Waals surface area contributed by atoms with E-state index >= 15 is 0 Å². The Hall–Kier alpha value is -1.62. The predicted octanol–water partition coefficient (Wildman–Crippen LogP) is 3.14. The van der Waals surface area contributed by atoms with Crippen LogP contribution in [-0.2, 0) is 4.74 Å². The summed E-state index contributed by atoms with van der Waals surface area (Å²) in [5, 5.41) is 11.7. The van der Waals surface area contributed by atoms with Crippen LogP contribution < -0.4 is 5.32 Å². The fourth-order valence-corrected chi connectivity index (χ4v) is 1.56. The van der Waals surface area contributed by atoms with Crippen LogP contribution in [0.2, 0.25) is 0 Å². The Morgan fingerprint density at radius 1 is 1.42 bits per heavy atom. The number of anilines is 1. The summed E-state index contributed by atoms with van der Waals surface area (Å²) < 4.78 is 18.9. The van der Waals surface area contributed by atoms with Crippen LogP contribution in [0.15, 0.2) is 18.2 Å². The van der Waals surface area contributed by atoms with Crippen LogP contribution in [-0.4, -0.2) is 30.3 Å². The van der Waals surface area contributed by atoms with Crippen LogP contribution in [0.5, 0.6) is 0 Å². The van der Waals surface area contributed by atoms with E-state index in [0.717, 1.165) is 18.9 Å². The number of aromatic carboxylic acids is 1. The molecule has 0 saturated heterocycles. The second kappa shape index (κ2) is 7.74. The van der Waals surface area contributed by atoms with Gasteiger partial charge in [-0.1, -0.05) is 0 Å². The van der Waals surface area contributed by atoms with Gasteiger partial charge in [0.15, 0.2) is 0 Å². The van der Waals surface area contributed by atoms with Gasteiger partial charge in [0.2, 0.25) is 0 Å². The number of ether oxygens (including phenoxy) is 1. The number of carboxylic acid groups (broad SMARTS) is 1. The first-order valence-electron chi connectivity index (χ1n) is 6.39. The molecular weight excluding hydrogens is 249 g/mol. The zero-order valence-corrected chi connectivity index (χ0v) is 11.3. The molecule has 1 rings (SSSR count). The topological polar surface area (TPSA) is 58.6 Å². The Kier molecular flexibility index (Phi) is 6.29. The number of halogens is 1. The molecule has 5 heteroatoms. The van der Waals surface area contributed by atoms with Crippen molar-refractivity contribution in [2.45, 2.75) is 32.8 Å². The predicted molar refractivity (Wildman–Crippen MR) is 72.2 cm³/mol. The Bertz CT molecular complexity index is 421. The number of nitrogens with one attached hydrogen (secondary N) is 1. The highest BCUT2D eigenvalue weighted by Crippen LogP contribution is 2.15. The first-order chi connectivity index (χ1) is 9.00. The molecule has 19 heavy (non-hydrogen) atoms. The third-order valence-corrected chi connectivity index (χ3v) is 2.55. The maximum absolute atomic E-state index is 13.5. The van der Waals surface area contributed by atoms with E-state index in [1.54, 1.807) is 0 Å². The third kappa shape index (κ3) is 5.70. The molecule has 2 N–H and O–H groups in total. The molecule has 0 bridgehead atoms. The molecule has 0 aliphatic heterocycles. The van der Waals surface area contributed by atoms with Gasteiger partial charge in [-0.25, -0.2) is 9.18 Å². The summed E-state index contributed by atoms with van der Waals surface area (Å²) in [6.45, 7) is 5.29. The number of benzene rings is 1. The van der Waals surface area contributed by atoms with Crippen LogP contribution >= 0.6 is 0 Å². The number of unbranched alkanes of at least 4 members (excludes halogenated alkanes) is 1. The molecule has 0 spiro atoms. The van der Waals surface area contributed by atoms with Crippen molar-refractivity contribution in [1.82, 2.24) is 0 Å². The van der Waals surface area contributed by atoms with Gasteiger partial charge in [0.1, 0.15) is 5.82 Å². The maximum atomic E-state index is 13.5. The number of rotatable bonds is 8. The van der Waals surface area contributed by atoms with E-state index in [1.165, 1.54) is 12.1 Å². The molecule has 106 valence electrons. The van der Waals surface area contributed by atoms with Gasteiger partial charge in [0.25, 0.3) is 0 Å². The highest BCUT2D eigenvalue weighted by Gasteiger charge is 2.07. The molecule has 0 aliphatic carbocycles. The summed E-state index contributed by atoms with van der Waals surface area (Å²) in [5.74, 6) is -1.67. The SMILES string of the molecule is CC(C)OCCCCNc1ccc(C(=O)O)cc1F. The second-order valence-electron chi connectivity index (χ2n) is 4.55. The molecule has 0 aliphatic rings. The van der Waals surface area contributed by atoms with Crippen LogP contribution in [0.3, 0.4) is 0 Å². The van der Waals surface area contributed by atoms with Crippen LogP contribution in [0.4, 0.5) is 10.1 Å². The van der Waals surface area contributed by atoms with Gasteiger partial charge in [-0.05, 0) is 44.9 Å². The molecule has 0 radical (unpaired) electrons. The third-order valence-electron chi connectivity index (χ3n) is 2.55. The van der Waals surface area contributed by atoms with E-state index in [-0.39, 0.29) is 11.7 Å². The summed E-state index contributed by atoms with van der Waals surface area (Å²) in [7, 11) is 0. The minimum Gasteiger partial charge on any atom is -0.478 e. The Labute approximate surface area is 112 Å². The minimum atomic E-state index is -1.13. The standard InChI is InChI=1S/C14H20FNO3/c1-10(2)19-8-4-3-7-16-13-6-5-11(14(17)18)9-12(13)15/h5-6,9-10,16H,3-4,7-8H2,1-2H3,(H,17,18). The Morgan fingerprint density at radius 3 is 2.74 bits per heavy atom. The number of hydrogen-bond donors (Lipinski definition) is 2. The average Bonchev–Trinajstić information content (AvgIpc) is 2.34. The average molecular weight is 269 g/mol. The number of hydrogen-bond acceptors (Lipinski definition) is 3. The molecule has 0 unspecified atom stereocenters. The van der Waals surface area contributed by atoms with E-state index in [0.29, 0.717) is 18.8 Å². The van der Waals surface area contributed by atoms with Gasteiger partial charge in [-0.3, -0.25) is 0 Å². The summed E-state index contributed by atoms with van der Waals surface area (Å²) in [6.07, 6.45) is 2.00. The van der Waals surface area contributed by atoms with Crippen LogP contribution in [0.25, 0.3) is 0 Å². The maximum Gasteiger partial charge on any atom is 0.335 e. The largest absolute Gasteiger partial charge is 0.478 e. The Balaban J connectivity index is 2.32. The molecule has 0 atom stereocenters. The molecule has 0 heterocycles. The van der Waals surface area contributed by atoms with Gasteiger partial charge in [-0.15, -0.1) is 0 Å². The summed E-state index contributed by atoms with van der Waals surface area (Å²) in [4.78, 5) is 10.7. The lowest BCUT2D eigenvalue weighted by atomic mass is 10.2. The van der Waals surface area contributed by atoms with Crippen LogP contribution in [0, 0.1) is 5.82 Å². The van der Waals surface area contributed by atoms with Crippen molar-refractivity contribution < 1.29 is 19.0 Å². The number of carboxylic acids is 1. The van der Waals surface area contributed by atoms with E-state index < -0.39 is 11.8 Å². The lowest BCUT2D eigenvalue weighted by Crippen LogP contribution is -2.08. The summed E-state index contributed by atoms with van der Waals surface area (Å²) >= 11 is 0. The van der Waals surface area contributed by atoms with Crippen molar-refractivity contribution in [3.63, 3.8) is 0 Å². The zero-order chi connectivity index (χ0) is 14.3. The van der Waals surface area contributed by atoms with Crippen molar-refractivity contribution in [2.24, 2.45) is 0 Å². The minimum absolute atomic E-state index is 0.0478. The van der Waals surface area contributed by atoms with Crippen molar-refractivity contribution >= 4 is 11.7 Å². The molecular formula is C14H20FNO3. The summed E-state index contributed by atoms with van der Waals surface area (Å²) in [5.41, 5.74) is 0.281. The van der Waals surface area contributed by atoms with Crippen molar-refractivity contribution in [3.8, 4) is 0 Å². The number of carbonyl (C=O) groups is 1. The molecule has 0 aromatic heterocycles. The molecule has 0 amide bonds. The molecule has 0 fully saturated rings. The van der Waals surface area contributed by atoms with Gasteiger partial charge >= 0.3 is 5.97 Å². The zero-order valence-electron chi connectivity index (χ0n) is 11.3. The van der Waals surface area contributed by atoms with E-state index in [4.69, 9.17) is 9.84 Å². The van der Waals surface area contributed by atoms with Crippen molar-refractivity contribution in [2.75, 3.05) is 18.5 Å². The quantitative estimate of drug-likeness (QED) is 0.712. The summed E-state index contributed by atoms with van der Waals surface area (Å²) in [6, 6.07) is 3.85. The fraction of sp³-hybridized carbons (Fsp3) is 0.500. The van der Waals surface area contributed by atoms with Crippen LogP contribution in [0.1, 0.15) is 37.0 Å². The lowest BCUT2D eigenvalue weighted by molar-refractivity contribution is 0.0696. The van der Waals surface area contributed by atoms with E-state index in [1.807, 2.05) is 13.8 Å². The van der Waals surface area contributed by atoms with Crippen molar-refractivity contribution in [3.05, 3.63) is 29.6 Å². The first-order valence-corrected chi connectivity index (χ1v) is 6.39.